The number of amides is 1. The number of benzene rings is 1. The van der Waals surface area contributed by atoms with E-state index in [0.29, 0.717) is 40.9 Å². The average Bonchev–Trinajstić information content (AvgIpc) is 3.26. The van der Waals surface area contributed by atoms with Crippen molar-refractivity contribution in [2.75, 3.05) is 18.4 Å². The standard InChI is InChI=1S/C21H18Cl2FN7O2/c22-14-4-3-12(8-15(14)23)19-27-10-17(16(24)9-25)31(19)18-5-6-26-20(29-18)28-13-2-1-7-30(11-13)21(32)33/h3-6,8,10,13,16H,1-2,7,11H2,(H,32,33)(H,26,28,29)/t13-,16?/m0/s1. The Hall–Kier alpha value is -3.42. The molecule has 0 spiro atoms. The summed E-state index contributed by atoms with van der Waals surface area (Å²) in [5.41, 5.74) is 0.552. The summed E-state index contributed by atoms with van der Waals surface area (Å²) in [7, 11) is 0. The number of anilines is 1. The van der Waals surface area contributed by atoms with Crippen LogP contribution in [0.15, 0.2) is 36.7 Å². The second kappa shape index (κ2) is 9.60. The van der Waals surface area contributed by atoms with Gasteiger partial charge in [-0.25, -0.2) is 19.2 Å². The number of rotatable bonds is 5. The van der Waals surface area contributed by atoms with Gasteiger partial charge in [-0.3, -0.25) is 4.57 Å². The highest BCUT2D eigenvalue weighted by molar-refractivity contribution is 6.42. The van der Waals surface area contributed by atoms with E-state index in [9.17, 15) is 14.3 Å². The predicted octanol–water partition coefficient (Wildman–Crippen LogP) is 4.72. The number of nitrogens with one attached hydrogen (secondary N) is 1. The van der Waals surface area contributed by atoms with Crippen LogP contribution in [0.5, 0.6) is 0 Å². The van der Waals surface area contributed by atoms with E-state index < -0.39 is 12.3 Å². The molecule has 0 bridgehead atoms. The number of halogens is 3. The van der Waals surface area contributed by atoms with Gasteiger partial charge in [-0.15, -0.1) is 0 Å². The van der Waals surface area contributed by atoms with Gasteiger partial charge in [0.2, 0.25) is 12.1 Å². The zero-order chi connectivity index (χ0) is 23.5. The molecule has 1 aromatic carbocycles. The molecule has 2 atom stereocenters. The van der Waals surface area contributed by atoms with Crippen LogP contribution in [0.4, 0.5) is 15.1 Å². The fourth-order valence-electron chi connectivity index (χ4n) is 3.68. The SMILES string of the molecule is N#CC(F)c1cnc(-c2ccc(Cl)c(Cl)c2)n1-c1ccnc(N[C@H]2CCCN(C(=O)O)C2)n1. The number of hydrogen-bond donors (Lipinski definition) is 2. The van der Waals surface area contributed by atoms with E-state index in [1.165, 1.54) is 21.9 Å². The summed E-state index contributed by atoms with van der Waals surface area (Å²) in [5.74, 6) is 0.850. The monoisotopic (exact) mass is 489 g/mol. The minimum atomic E-state index is -1.94. The van der Waals surface area contributed by atoms with Gasteiger partial charge in [0.1, 0.15) is 17.7 Å². The number of imidazole rings is 1. The minimum Gasteiger partial charge on any atom is -0.465 e. The average molecular weight is 490 g/mol. The van der Waals surface area contributed by atoms with Crippen molar-refractivity contribution in [2.45, 2.75) is 25.1 Å². The number of piperidine rings is 1. The summed E-state index contributed by atoms with van der Waals surface area (Å²) >= 11 is 12.2. The van der Waals surface area contributed by atoms with Crippen LogP contribution in [0.2, 0.25) is 10.0 Å². The molecule has 3 heterocycles. The molecule has 0 aliphatic carbocycles. The Labute approximate surface area is 198 Å². The molecule has 3 aromatic rings. The van der Waals surface area contributed by atoms with E-state index in [0.717, 1.165) is 6.42 Å². The lowest BCUT2D eigenvalue weighted by Crippen LogP contribution is -2.44. The maximum atomic E-state index is 14.5. The molecule has 12 heteroatoms. The third-order valence-corrected chi connectivity index (χ3v) is 5.97. The molecule has 4 rings (SSSR count). The molecule has 170 valence electrons. The van der Waals surface area contributed by atoms with E-state index in [1.807, 2.05) is 0 Å². The number of nitrogens with zero attached hydrogens (tertiary/aromatic N) is 6. The fourth-order valence-corrected chi connectivity index (χ4v) is 3.98. The number of carbonyl (C=O) groups is 1. The Kier molecular flexibility index (Phi) is 6.62. The van der Waals surface area contributed by atoms with Gasteiger partial charge in [0.15, 0.2) is 0 Å². The third-order valence-electron chi connectivity index (χ3n) is 5.24. The van der Waals surface area contributed by atoms with Gasteiger partial charge in [-0.2, -0.15) is 10.2 Å². The lowest BCUT2D eigenvalue weighted by molar-refractivity contribution is 0.132. The number of likely N-dealkylation sites (tertiary alicyclic amines) is 1. The summed E-state index contributed by atoms with van der Waals surface area (Å²) in [5, 5.41) is 22.2. The first-order valence-corrected chi connectivity index (χ1v) is 10.8. The highest BCUT2D eigenvalue weighted by Crippen LogP contribution is 2.32. The maximum Gasteiger partial charge on any atom is 0.407 e. The molecule has 1 aliphatic rings. The summed E-state index contributed by atoms with van der Waals surface area (Å²) in [6.07, 6.45) is 1.31. The normalized spacial score (nSPS) is 16.8. The molecule has 2 aromatic heterocycles. The van der Waals surface area contributed by atoms with Crippen LogP contribution in [0, 0.1) is 11.3 Å². The Morgan fingerprint density at radius 2 is 2.12 bits per heavy atom. The largest absolute Gasteiger partial charge is 0.465 e. The number of nitriles is 1. The third kappa shape index (κ3) is 4.84. The van der Waals surface area contributed by atoms with Crippen molar-refractivity contribution in [3.05, 3.63) is 52.4 Å². The molecule has 1 fully saturated rings. The van der Waals surface area contributed by atoms with Gasteiger partial charge < -0.3 is 15.3 Å². The molecule has 0 radical (unpaired) electrons. The summed E-state index contributed by atoms with van der Waals surface area (Å²) < 4.78 is 15.9. The van der Waals surface area contributed by atoms with E-state index in [4.69, 9.17) is 28.5 Å². The lowest BCUT2D eigenvalue weighted by atomic mass is 10.1. The van der Waals surface area contributed by atoms with Crippen LogP contribution in [0.1, 0.15) is 24.7 Å². The van der Waals surface area contributed by atoms with Crippen molar-refractivity contribution in [2.24, 2.45) is 0 Å². The minimum absolute atomic E-state index is 0.00191. The topological polar surface area (TPSA) is 120 Å². The Balaban J connectivity index is 1.71. The quantitative estimate of drug-likeness (QED) is 0.531. The molecule has 33 heavy (non-hydrogen) atoms. The van der Waals surface area contributed by atoms with Crippen molar-refractivity contribution in [1.82, 2.24) is 24.4 Å². The lowest BCUT2D eigenvalue weighted by Gasteiger charge is -2.31. The first kappa shape index (κ1) is 22.8. The van der Waals surface area contributed by atoms with Crippen molar-refractivity contribution >= 4 is 35.2 Å². The highest BCUT2D eigenvalue weighted by Gasteiger charge is 2.25. The molecule has 0 saturated carbocycles. The smallest absolute Gasteiger partial charge is 0.407 e. The number of hydrogen-bond acceptors (Lipinski definition) is 6. The van der Waals surface area contributed by atoms with Crippen LogP contribution in [0.3, 0.4) is 0 Å². The van der Waals surface area contributed by atoms with E-state index in [-0.39, 0.29) is 23.5 Å². The Bertz CT molecular complexity index is 1230. The van der Waals surface area contributed by atoms with Gasteiger partial charge in [0, 0.05) is 30.9 Å². The van der Waals surface area contributed by atoms with E-state index in [1.54, 1.807) is 30.3 Å². The van der Waals surface area contributed by atoms with Crippen LogP contribution in [0.25, 0.3) is 17.2 Å². The second-order valence-electron chi connectivity index (χ2n) is 7.41. The molecular formula is C21H18Cl2FN7O2. The molecule has 9 nitrogen and oxygen atoms in total. The zero-order valence-electron chi connectivity index (χ0n) is 17.1. The van der Waals surface area contributed by atoms with Gasteiger partial charge in [0.25, 0.3) is 0 Å². The van der Waals surface area contributed by atoms with Crippen LogP contribution in [-0.2, 0) is 0 Å². The van der Waals surface area contributed by atoms with Crippen molar-refractivity contribution in [3.8, 4) is 23.3 Å². The van der Waals surface area contributed by atoms with Gasteiger partial charge >= 0.3 is 6.09 Å². The van der Waals surface area contributed by atoms with Gasteiger partial charge in [-0.1, -0.05) is 23.2 Å². The Morgan fingerprint density at radius 3 is 2.85 bits per heavy atom. The summed E-state index contributed by atoms with van der Waals surface area (Å²) in [4.78, 5) is 25.6. The molecule has 1 aliphatic heterocycles. The Morgan fingerprint density at radius 1 is 1.30 bits per heavy atom. The summed E-state index contributed by atoms with van der Waals surface area (Å²) in [6.45, 7) is 0.778. The fraction of sp³-hybridized carbons (Fsp3) is 0.286. The van der Waals surface area contributed by atoms with Crippen LogP contribution < -0.4 is 5.32 Å². The first-order valence-electron chi connectivity index (χ1n) is 10.0. The molecule has 1 unspecified atom stereocenters. The molecule has 1 amide bonds. The van der Waals surface area contributed by atoms with E-state index >= 15 is 0 Å². The first-order chi connectivity index (χ1) is 15.9. The van der Waals surface area contributed by atoms with Crippen molar-refractivity contribution in [1.29, 1.82) is 5.26 Å². The van der Waals surface area contributed by atoms with Gasteiger partial charge in [0.05, 0.1) is 21.9 Å². The zero-order valence-corrected chi connectivity index (χ0v) is 18.6. The molecular weight excluding hydrogens is 472 g/mol. The van der Waals surface area contributed by atoms with Crippen molar-refractivity contribution < 1.29 is 14.3 Å². The molecule has 1 saturated heterocycles. The maximum absolute atomic E-state index is 14.5. The van der Waals surface area contributed by atoms with Crippen molar-refractivity contribution in [3.63, 3.8) is 0 Å². The van der Waals surface area contributed by atoms with Crippen LogP contribution >= 0.6 is 23.2 Å². The number of carboxylic acid groups (broad SMARTS) is 1. The highest BCUT2D eigenvalue weighted by atomic mass is 35.5. The van der Waals surface area contributed by atoms with E-state index in [2.05, 4.69) is 20.3 Å². The number of aromatic nitrogens is 4. The predicted molar refractivity (Wildman–Crippen MR) is 120 cm³/mol. The second-order valence-corrected chi connectivity index (χ2v) is 8.23. The molecule has 2 N–H and O–H groups in total. The summed E-state index contributed by atoms with van der Waals surface area (Å²) in [6, 6.07) is 7.84. The van der Waals surface area contributed by atoms with Gasteiger partial charge in [-0.05, 0) is 37.1 Å². The number of alkyl halides is 1. The van der Waals surface area contributed by atoms with Crippen LogP contribution in [-0.4, -0.2) is 54.8 Å².